The van der Waals surface area contributed by atoms with Crippen molar-refractivity contribution in [1.82, 2.24) is 19.7 Å². The Labute approximate surface area is 141 Å². The summed E-state index contributed by atoms with van der Waals surface area (Å²) in [7, 11) is 0. The molecule has 0 bridgehead atoms. The Kier molecular flexibility index (Phi) is 4.05. The summed E-state index contributed by atoms with van der Waals surface area (Å²) >= 11 is 0. The van der Waals surface area contributed by atoms with Crippen LogP contribution in [0, 0.1) is 0 Å². The third-order valence-corrected chi connectivity index (χ3v) is 4.57. The molecule has 3 aromatic heterocycles. The standard InChI is InChI=1S/C20H22N4/c1-15(9-10-16-12-22-19-7-3-2-6-18(16)19)21-13-17-14-24-11-5-4-8-20(24)23-17/h2-8,11-12,14-15,21-22H,9-10,13H2,1H3. The van der Waals surface area contributed by atoms with Crippen LogP contribution in [0.25, 0.3) is 16.6 Å². The highest BCUT2D eigenvalue weighted by atomic mass is 15.0. The molecule has 3 heterocycles. The first-order valence-electron chi connectivity index (χ1n) is 8.50. The van der Waals surface area contributed by atoms with Crippen molar-refractivity contribution < 1.29 is 0 Å². The monoisotopic (exact) mass is 318 g/mol. The van der Waals surface area contributed by atoms with Gasteiger partial charge in [-0.1, -0.05) is 24.3 Å². The van der Waals surface area contributed by atoms with Gasteiger partial charge < -0.3 is 14.7 Å². The van der Waals surface area contributed by atoms with Gasteiger partial charge in [-0.15, -0.1) is 0 Å². The molecule has 0 saturated carbocycles. The quantitative estimate of drug-likeness (QED) is 0.566. The van der Waals surface area contributed by atoms with Crippen molar-refractivity contribution in [1.29, 1.82) is 0 Å². The fourth-order valence-corrected chi connectivity index (χ4v) is 3.16. The molecule has 0 amide bonds. The summed E-state index contributed by atoms with van der Waals surface area (Å²) < 4.78 is 2.06. The molecule has 4 nitrogen and oxygen atoms in total. The number of imidazole rings is 1. The summed E-state index contributed by atoms with van der Waals surface area (Å²) in [6.07, 6.45) is 8.44. The zero-order valence-corrected chi connectivity index (χ0v) is 13.9. The number of hydrogen-bond acceptors (Lipinski definition) is 2. The molecule has 1 atom stereocenters. The minimum atomic E-state index is 0.448. The number of aromatic amines is 1. The van der Waals surface area contributed by atoms with Crippen molar-refractivity contribution in [2.45, 2.75) is 32.4 Å². The van der Waals surface area contributed by atoms with Gasteiger partial charge in [-0.05, 0) is 43.5 Å². The van der Waals surface area contributed by atoms with Crippen LogP contribution in [0.3, 0.4) is 0 Å². The van der Waals surface area contributed by atoms with E-state index < -0.39 is 0 Å². The first kappa shape index (κ1) is 15.0. The number of fused-ring (bicyclic) bond motifs is 2. The second-order valence-electron chi connectivity index (χ2n) is 6.38. The van der Waals surface area contributed by atoms with Gasteiger partial charge in [-0.3, -0.25) is 0 Å². The second-order valence-corrected chi connectivity index (χ2v) is 6.38. The number of aryl methyl sites for hydroxylation is 1. The lowest BCUT2D eigenvalue weighted by Gasteiger charge is -2.12. The summed E-state index contributed by atoms with van der Waals surface area (Å²) in [6.45, 7) is 3.04. The number of benzene rings is 1. The number of nitrogens with zero attached hydrogens (tertiary/aromatic N) is 2. The van der Waals surface area contributed by atoms with Crippen LogP contribution in [-0.4, -0.2) is 20.4 Å². The molecule has 0 aliphatic carbocycles. The molecule has 0 spiro atoms. The number of para-hydroxylation sites is 1. The average molecular weight is 318 g/mol. The number of pyridine rings is 1. The zero-order valence-electron chi connectivity index (χ0n) is 13.9. The van der Waals surface area contributed by atoms with Crippen molar-refractivity contribution in [3.8, 4) is 0 Å². The SMILES string of the molecule is CC(CCc1c[nH]c2ccccc12)NCc1cn2ccccc2n1. The molecular formula is C20H22N4. The van der Waals surface area contributed by atoms with E-state index in [1.54, 1.807) is 0 Å². The Morgan fingerprint density at radius 1 is 1.17 bits per heavy atom. The van der Waals surface area contributed by atoms with Crippen molar-refractivity contribution in [2.75, 3.05) is 0 Å². The van der Waals surface area contributed by atoms with E-state index in [-0.39, 0.29) is 0 Å². The maximum atomic E-state index is 4.63. The Hall–Kier alpha value is -2.59. The van der Waals surface area contributed by atoms with Crippen LogP contribution in [0.1, 0.15) is 24.6 Å². The lowest BCUT2D eigenvalue weighted by molar-refractivity contribution is 0.511. The van der Waals surface area contributed by atoms with E-state index in [1.165, 1.54) is 16.5 Å². The third kappa shape index (κ3) is 3.05. The maximum absolute atomic E-state index is 4.63. The highest BCUT2D eigenvalue weighted by Crippen LogP contribution is 2.19. The van der Waals surface area contributed by atoms with Crippen molar-refractivity contribution in [3.05, 3.63) is 72.3 Å². The lowest BCUT2D eigenvalue weighted by Crippen LogP contribution is -2.26. The lowest BCUT2D eigenvalue weighted by atomic mass is 10.1. The van der Waals surface area contributed by atoms with Crippen molar-refractivity contribution in [2.24, 2.45) is 0 Å². The number of nitrogens with one attached hydrogen (secondary N) is 2. The van der Waals surface area contributed by atoms with Crippen LogP contribution in [-0.2, 0) is 13.0 Å². The molecule has 4 rings (SSSR count). The summed E-state index contributed by atoms with van der Waals surface area (Å²) in [5, 5.41) is 4.92. The van der Waals surface area contributed by atoms with Gasteiger partial charge in [0.2, 0.25) is 0 Å². The second kappa shape index (κ2) is 6.49. The Morgan fingerprint density at radius 3 is 2.96 bits per heavy atom. The molecule has 4 heteroatoms. The number of rotatable bonds is 6. The van der Waals surface area contributed by atoms with Crippen LogP contribution >= 0.6 is 0 Å². The third-order valence-electron chi connectivity index (χ3n) is 4.57. The first-order valence-corrected chi connectivity index (χ1v) is 8.50. The van der Waals surface area contributed by atoms with E-state index in [9.17, 15) is 0 Å². The largest absolute Gasteiger partial charge is 0.361 e. The van der Waals surface area contributed by atoms with Gasteiger partial charge in [0, 0.05) is 42.1 Å². The molecule has 0 fully saturated rings. The Morgan fingerprint density at radius 2 is 2.04 bits per heavy atom. The maximum Gasteiger partial charge on any atom is 0.137 e. The molecule has 2 N–H and O–H groups in total. The normalized spacial score (nSPS) is 12.9. The van der Waals surface area contributed by atoms with Crippen molar-refractivity contribution >= 4 is 16.6 Å². The summed E-state index contributed by atoms with van der Waals surface area (Å²) in [5.41, 5.74) is 4.70. The van der Waals surface area contributed by atoms with Gasteiger partial charge in [0.05, 0.1) is 5.69 Å². The molecule has 24 heavy (non-hydrogen) atoms. The summed E-state index contributed by atoms with van der Waals surface area (Å²) in [6, 6.07) is 15.0. The topological polar surface area (TPSA) is 45.1 Å². The van der Waals surface area contributed by atoms with E-state index in [2.05, 4.69) is 63.3 Å². The van der Waals surface area contributed by atoms with Gasteiger partial charge in [-0.25, -0.2) is 4.98 Å². The molecule has 0 radical (unpaired) electrons. The predicted octanol–water partition coefficient (Wildman–Crippen LogP) is 3.93. The summed E-state index contributed by atoms with van der Waals surface area (Å²) in [5.74, 6) is 0. The van der Waals surface area contributed by atoms with Crippen LogP contribution in [0.15, 0.2) is 61.1 Å². The Bertz CT molecular complexity index is 917. The van der Waals surface area contributed by atoms with Gasteiger partial charge >= 0.3 is 0 Å². The fraction of sp³-hybridized carbons (Fsp3) is 0.250. The molecular weight excluding hydrogens is 296 g/mol. The average Bonchev–Trinajstić information content (AvgIpc) is 3.21. The van der Waals surface area contributed by atoms with E-state index >= 15 is 0 Å². The van der Waals surface area contributed by atoms with Crippen LogP contribution < -0.4 is 5.32 Å². The van der Waals surface area contributed by atoms with Gasteiger partial charge in [0.15, 0.2) is 0 Å². The minimum Gasteiger partial charge on any atom is -0.361 e. The number of hydrogen-bond donors (Lipinski definition) is 2. The number of H-pyrrole nitrogens is 1. The zero-order chi connectivity index (χ0) is 16.4. The highest BCUT2D eigenvalue weighted by molar-refractivity contribution is 5.82. The molecule has 0 aliphatic heterocycles. The van der Waals surface area contributed by atoms with Crippen molar-refractivity contribution in [3.63, 3.8) is 0 Å². The fourth-order valence-electron chi connectivity index (χ4n) is 3.16. The molecule has 0 saturated heterocycles. The van der Waals surface area contributed by atoms with Gasteiger partial charge in [0.1, 0.15) is 5.65 Å². The highest BCUT2D eigenvalue weighted by Gasteiger charge is 2.07. The molecule has 4 aromatic rings. The van der Waals surface area contributed by atoms with E-state index in [0.717, 1.165) is 30.7 Å². The smallest absolute Gasteiger partial charge is 0.137 e. The number of aromatic nitrogens is 3. The van der Waals surface area contributed by atoms with Gasteiger partial charge in [0.25, 0.3) is 0 Å². The van der Waals surface area contributed by atoms with E-state index in [1.807, 2.05) is 24.4 Å². The molecule has 0 aliphatic rings. The predicted molar refractivity (Wildman–Crippen MR) is 98.1 cm³/mol. The summed E-state index contributed by atoms with van der Waals surface area (Å²) in [4.78, 5) is 7.98. The molecule has 1 unspecified atom stereocenters. The Balaban J connectivity index is 1.34. The minimum absolute atomic E-state index is 0.448. The molecule has 1 aromatic carbocycles. The van der Waals surface area contributed by atoms with E-state index in [4.69, 9.17) is 0 Å². The first-order chi connectivity index (χ1) is 11.8. The van der Waals surface area contributed by atoms with Crippen LogP contribution in [0.5, 0.6) is 0 Å². The van der Waals surface area contributed by atoms with Crippen LogP contribution in [0.2, 0.25) is 0 Å². The van der Waals surface area contributed by atoms with Crippen LogP contribution in [0.4, 0.5) is 0 Å². The molecule has 122 valence electrons. The van der Waals surface area contributed by atoms with Gasteiger partial charge in [-0.2, -0.15) is 0 Å². The van der Waals surface area contributed by atoms with E-state index in [0.29, 0.717) is 6.04 Å².